The molecule has 0 radical (unpaired) electrons. The van der Waals surface area contributed by atoms with Crippen molar-refractivity contribution in [2.45, 2.75) is 51.6 Å². The first kappa shape index (κ1) is 24.3. The molecule has 1 saturated heterocycles. The number of unbranched alkanes of at least 4 members (excludes halogenated alkanes) is 1. The number of aliphatic imine (C=N–C) groups is 1. The lowest BCUT2D eigenvalue weighted by atomic mass is 10.1. The second-order valence-electron chi connectivity index (χ2n) is 8.74. The van der Waals surface area contributed by atoms with Crippen molar-refractivity contribution in [1.29, 1.82) is 0 Å². The van der Waals surface area contributed by atoms with E-state index in [1.807, 2.05) is 60.4 Å². The molecule has 1 unspecified atom stereocenters. The quantitative estimate of drug-likeness (QED) is 0.483. The molecule has 2 heterocycles. The average molecular weight is 478 g/mol. The lowest BCUT2D eigenvalue weighted by Gasteiger charge is -2.30. The number of hydrogen-bond donors (Lipinski definition) is 2. The number of carbonyl (C=O) groups is 3. The minimum Gasteiger partial charge on any atom is -0.494 e. The van der Waals surface area contributed by atoms with E-state index in [0.29, 0.717) is 49.9 Å². The number of nitrogens with one attached hydrogen (secondary N) is 1. The monoisotopic (exact) mass is 477 g/mol. The van der Waals surface area contributed by atoms with E-state index >= 15 is 0 Å². The predicted molar refractivity (Wildman–Crippen MR) is 133 cm³/mol. The molecule has 2 aliphatic rings. The van der Waals surface area contributed by atoms with Crippen LogP contribution in [0, 0.1) is 0 Å². The number of amides is 3. The van der Waals surface area contributed by atoms with Gasteiger partial charge in [0.15, 0.2) is 0 Å². The molecule has 2 aromatic rings. The van der Waals surface area contributed by atoms with Crippen molar-refractivity contribution >= 4 is 35.1 Å². The number of ether oxygens (including phenoxy) is 1. The summed E-state index contributed by atoms with van der Waals surface area (Å²) < 4.78 is 5.90. The molecule has 0 aromatic heterocycles. The second kappa shape index (κ2) is 11.0. The zero-order valence-electron chi connectivity index (χ0n) is 19.9. The van der Waals surface area contributed by atoms with Crippen LogP contribution in [0.15, 0.2) is 53.5 Å². The van der Waals surface area contributed by atoms with E-state index in [9.17, 15) is 14.4 Å². The number of nitrogens with zero attached hydrogens (tertiary/aromatic N) is 3. The van der Waals surface area contributed by atoms with E-state index < -0.39 is 11.9 Å². The summed E-state index contributed by atoms with van der Waals surface area (Å²) in [6.07, 6.45) is 2.96. The first-order valence-electron chi connectivity index (χ1n) is 12.0. The highest BCUT2D eigenvalue weighted by Gasteiger charge is 2.30. The van der Waals surface area contributed by atoms with Crippen LogP contribution >= 0.6 is 0 Å². The summed E-state index contributed by atoms with van der Waals surface area (Å²) in [6.45, 7) is 3.27. The van der Waals surface area contributed by atoms with Crippen LogP contribution in [0.25, 0.3) is 0 Å². The van der Waals surface area contributed by atoms with Gasteiger partial charge in [0.1, 0.15) is 18.3 Å². The topological polar surface area (TPSA) is 117 Å². The SMILES string of the molecule is CCCCC(C(N)=O)N(C(=O)CCCOc1ccc2c(c1)CN1CC(=O)NC1=N2)c1ccccc1. The molecule has 3 N–H and O–H groups in total. The standard InChI is InChI=1S/C26H31N5O4/c1-2-3-10-22(25(27)34)31(19-8-5-4-6-9-19)24(33)11-7-14-35-20-12-13-21-18(15-20)16-30-17-23(32)29-26(30)28-21/h4-6,8-9,12-13,15,22H,2-3,7,10-11,14,16-17H2,1H3,(H2,27,34)(H,28,29,32). The summed E-state index contributed by atoms with van der Waals surface area (Å²) in [5.74, 6) is 0.562. The number of benzene rings is 2. The van der Waals surface area contributed by atoms with E-state index in [0.717, 1.165) is 24.1 Å². The summed E-state index contributed by atoms with van der Waals surface area (Å²) >= 11 is 0. The van der Waals surface area contributed by atoms with E-state index in [1.54, 1.807) is 0 Å². The summed E-state index contributed by atoms with van der Waals surface area (Å²) in [7, 11) is 0. The van der Waals surface area contributed by atoms with Gasteiger partial charge in [-0.2, -0.15) is 0 Å². The molecule has 2 aliphatic heterocycles. The fourth-order valence-corrected chi connectivity index (χ4v) is 4.34. The van der Waals surface area contributed by atoms with Gasteiger partial charge in [0.2, 0.25) is 23.7 Å². The third-order valence-corrected chi connectivity index (χ3v) is 6.10. The van der Waals surface area contributed by atoms with Crippen LogP contribution in [0.3, 0.4) is 0 Å². The van der Waals surface area contributed by atoms with Crippen LogP contribution < -0.4 is 20.7 Å². The van der Waals surface area contributed by atoms with Crippen LogP contribution in [-0.4, -0.2) is 47.8 Å². The minimum absolute atomic E-state index is 0.0597. The van der Waals surface area contributed by atoms with Crippen LogP contribution in [0.2, 0.25) is 0 Å². The minimum atomic E-state index is -0.677. The highest BCUT2D eigenvalue weighted by atomic mass is 16.5. The Morgan fingerprint density at radius 2 is 1.97 bits per heavy atom. The number of rotatable bonds is 11. The van der Waals surface area contributed by atoms with Crippen LogP contribution in [-0.2, 0) is 20.9 Å². The zero-order chi connectivity index (χ0) is 24.8. The van der Waals surface area contributed by atoms with E-state index in [-0.39, 0.29) is 18.2 Å². The number of carbonyl (C=O) groups excluding carboxylic acids is 3. The Balaban J connectivity index is 1.36. The number of para-hydroxylation sites is 1. The Morgan fingerprint density at radius 3 is 2.71 bits per heavy atom. The number of guanidine groups is 1. The lowest BCUT2D eigenvalue weighted by molar-refractivity contribution is -0.124. The van der Waals surface area contributed by atoms with Crippen molar-refractivity contribution in [3.8, 4) is 5.75 Å². The van der Waals surface area contributed by atoms with Crippen molar-refractivity contribution in [2.75, 3.05) is 18.1 Å². The highest BCUT2D eigenvalue weighted by Crippen LogP contribution is 2.30. The molecular weight excluding hydrogens is 446 g/mol. The van der Waals surface area contributed by atoms with E-state index in [2.05, 4.69) is 10.3 Å². The van der Waals surface area contributed by atoms with E-state index in [1.165, 1.54) is 4.90 Å². The van der Waals surface area contributed by atoms with Crippen LogP contribution in [0.4, 0.5) is 11.4 Å². The summed E-state index contributed by atoms with van der Waals surface area (Å²) in [6, 6.07) is 14.1. The van der Waals surface area contributed by atoms with Gasteiger partial charge in [-0.3, -0.25) is 24.6 Å². The van der Waals surface area contributed by atoms with Gasteiger partial charge in [-0.25, -0.2) is 4.99 Å². The van der Waals surface area contributed by atoms with Crippen molar-refractivity contribution in [2.24, 2.45) is 10.7 Å². The molecule has 1 atom stereocenters. The Bertz CT molecular complexity index is 1120. The van der Waals surface area contributed by atoms with Gasteiger partial charge in [0.25, 0.3) is 0 Å². The summed E-state index contributed by atoms with van der Waals surface area (Å²) in [5.41, 5.74) is 8.15. The highest BCUT2D eigenvalue weighted by molar-refractivity contribution is 6.05. The van der Waals surface area contributed by atoms with Crippen LogP contribution in [0.5, 0.6) is 5.75 Å². The Hall–Kier alpha value is -3.88. The molecule has 2 aromatic carbocycles. The van der Waals surface area contributed by atoms with Gasteiger partial charge in [-0.15, -0.1) is 0 Å². The van der Waals surface area contributed by atoms with Gasteiger partial charge in [0.05, 0.1) is 12.3 Å². The molecule has 0 saturated carbocycles. The van der Waals surface area contributed by atoms with Crippen molar-refractivity contribution < 1.29 is 19.1 Å². The van der Waals surface area contributed by atoms with Crippen molar-refractivity contribution in [1.82, 2.24) is 10.2 Å². The Kier molecular flexibility index (Phi) is 7.64. The summed E-state index contributed by atoms with van der Waals surface area (Å²) in [4.78, 5) is 44.9. The van der Waals surface area contributed by atoms with Crippen molar-refractivity contribution in [3.05, 3.63) is 54.1 Å². The molecule has 3 amide bonds. The maximum atomic E-state index is 13.2. The largest absolute Gasteiger partial charge is 0.494 e. The molecule has 1 fully saturated rings. The lowest BCUT2D eigenvalue weighted by Crippen LogP contribution is -2.48. The van der Waals surface area contributed by atoms with Gasteiger partial charge in [-0.05, 0) is 43.2 Å². The first-order chi connectivity index (χ1) is 17.0. The fraction of sp³-hybridized carbons (Fsp3) is 0.385. The zero-order valence-corrected chi connectivity index (χ0v) is 19.9. The average Bonchev–Trinajstić information content (AvgIpc) is 3.21. The Morgan fingerprint density at radius 1 is 1.17 bits per heavy atom. The Labute approximate surface area is 204 Å². The number of hydrogen-bond acceptors (Lipinski definition) is 6. The number of fused-ring (bicyclic) bond motifs is 2. The van der Waals surface area contributed by atoms with Gasteiger partial charge in [0, 0.05) is 24.2 Å². The van der Waals surface area contributed by atoms with Gasteiger partial charge < -0.3 is 15.4 Å². The smallest absolute Gasteiger partial charge is 0.246 e. The molecule has 9 nitrogen and oxygen atoms in total. The second-order valence-corrected chi connectivity index (χ2v) is 8.74. The summed E-state index contributed by atoms with van der Waals surface area (Å²) in [5, 5.41) is 2.75. The number of nitrogens with two attached hydrogens (primary N) is 1. The maximum absolute atomic E-state index is 13.2. The molecule has 9 heteroatoms. The van der Waals surface area contributed by atoms with Gasteiger partial charge >= 0.3 is 0 Å². The number of primary amides is 1. The molecule has 0 aliphatic carbocycles. The molecular formula is C26H31N5O4. The van der Waals surface area contributed by atoms with Gasteiger partial charge in [-0.1, -0.05) is 38.0 Å². The van der Waals surface area contributed by atoms with Crippen LogP contribution in [0.1, 0.15) is 44.6 Å². The predicted octanol–water partition coefficient (Wildman–Crippen LogP) is 2.86. The first-order valence-corrected chi connectivity index (χ1v) is 12.0. The van der Waals surface area contributed by atoms with Crippen molar-refractivity contribution in [3.63, 3.8) is 0 Å². The molecule has 0 spiro atoms. The maximum Gasteiger partial charge on any atom is 0.246 e. The molecule has 184 valence electrons. The molecule has 4 rings (SSSR count). The normalized spacial score (nSPS) is 14.9. The van der Waals surface area contributed by atoms with E-state index in [4.69, 9.17) is 10.5 Å². The third-order valence-electron chi connectivity index (χ3n) is 6.10. The molecule has 35 heavy (non-hydrogen) atoms. The third kappa shape index (κ3) is 5.79. The molecule has 0 bridgehead atoms. The fourth-order valence-electron chi connectivity index (χ4n) is 4.34. The number of anilines is 1.